The van der Waals surface area contributed by atoms with E-state index in [1.807, 2.05) is 32.0 Å². The third-order valence-electron chi connectivity index (χ3n) is 4.21. The van der Waals surface area contributed by atoms with Gasteiger partial charge in [0.2, 0.25) is 5.91 Å². The Morgan fingerprint density at radius 1 is 1.32 bits per heavy atom. The van der Waals surface area contributed by atoms with E-state index in [4.69, 9.17) is 0 Å². The highest BCUT2D eigenvalue weighted by Crippen LogP contribution is 2.17. The molecule has 5 heteroatoms. The first-order valence-electron chi connectivity index (χ1n) is 7.85. The van der Waals surface area contributed by atoms with Crippen molar-refractivity contribution in [2.45, 2.75) is 33.6 Å². The van der Waals surface area contributed by atoms with Gasteiger partial charge in [-0.05, 0) is 56.3 Å². The van der Waals surface area contributed by atoms with E-state index in [1.165, 1.54) is 6.42 Å². The molecule has 3 amide bonds. The fourth-order valence-corrected chi connectivity index (χ4v) is 2.84. The van der Waals surface area contributed by atoms with Crippen molar-refractivity contribution in [3.05, 3.63) is 29.3 Å². The number of benzene rings is 1. The minimum atomic E-state index is -0.469. The summed E-state index contributed by atoms with van der Waals surface area (Å²) in [6.07, 6.45) is 2.33. The number of nitrogens with zero attached hydrogens (tertiary/aromatic N) is 1. The lowest BCUT2D eigenvalue weighted by molar-refractivity contribution is -0.121. The highest BCUT2D eigenvalue weighted by Gasteiger charge is 2.19. The number of carbonyl (C=O) groups is 2. The molecular formula is C17H25N3O2. The SMILES string of the molecule is Cc1cccc(NC(=O)NC(=O)CN2CCCC(C)C2)c1C. The van der Waals surface area contributed by atoms with Crippen molar-refractivity contribution in [1.82, 2.24) is 10.2 Å². The largest absolute Gasteiger partial charge is 0.325 e. The molecule has 0 aliphatic carbocycles. The van der Waals surface area contributed by atoms with Gasteiger partial charge in [-0.1, -0.05) is 19.1 Å². The number of imide groups is 1. The number of likely N-dealkylation sites (tertiary alicyclic amines) is 1. The lowest BCUT2D eigenvalue weighted by Crippen LogP contribution is -2.44. The fourth-order valence-electron chi connectivity index (χ4n) is 2.84. The Bertz CT molecular complexity index is 557. The van der Waals surface area contributed by atoms with Crippen LogP contribution in [0.5, 0.6) is 0 Å². The van der Waals surface area contributed by atoms with Crippen LogP contribution in [0.25, 0.3) is 0 Å². The zero-order chi connectivity index (χ0) is 16.1. The average molecular weight is 303 g/mol. The van der Waals surface area contributed by atoms with Crippen LogP contribution in [0.1, 0.15) is 30.9 Å². The number of aryl methyl sites for hydroxylation is 1. The van der Waals surface area contributed by atoms with Gasteiger partial charge in [0, 0.05) is 12.2 Å². The van der Waals surface area contributed by atoms with Gasteiger partial charge in [-0.15, -0.1) is 0 Å². The van der Waals surface area contributed by atoms with E-state index in [1.54, 1.807) is 0 Å². The van der Waals surface area contributed by atoms with E-state index in [2.05, 4.69) is 22.5 Å². The molecule has 0 aromatic heterocycles. The van der Waals surface area contributed by atoms with Gasteiger partial charge < -0.3 is 5.32 Å². The average Bonchev–Trinajstić information content (AvgIpc) is 2.43. The van der Waals surface area contributed by atoms with Gasteiger partial charge in [0.05, 0.1) is 6.54 Å². The van der Waals surface area contributed by atoms with Crippen LogP contribution >= 0.6 is 0 Å². The number of carbonyl (C=O) groups excluding carboxylic acids is 2. The highest BCUT2D eigenvalue weighted by atomic mass is 16.2. The minimum Gasteiger partial charge on any atom is -0.307 e. The first kappa shape index (κ1) is 16.5. The zero-order valence-corrected chi connectivity index (χ0v) is 13.6. The maximum Gasteiger partial charge on any atom is 0.325 e. The fraction of sp³-hybridized carbons (Fsp3) is 0.529. The first-order valence-corrected chi connectivity index (χ1v) is 7.85. The van der Waals surface area contributed by atoms with E-state index in [0.717, 1.165) is 36.3 Å². The first-order chi connectivity index (χ1) is 10.5. The standard InChI is InChI=1S/C17H25N3O2/c1-12-6-5-9-20(10-12)11-16(21)19-17(22)18-15-8-4-7-13(2)14(15)3/h4,7-8,12H,5-6,9-11H2,1-3H3,(H2,18,19,21,22). The molecule has 1 heterocycles. The summed E-state index contributed by atoms with van der Waals surface area (Å²) in [5.74, 6) is 0.363. The van der Waals surface area contributed by atoms with E-state index in [0.29, 0.717) is 5.92 Å². The Morgan fingerprint density at radius 3 is 2.82 bits per heavy atom. The molecule has 0 bridgehead atoms. The molecule has 1 unspecified atom stereocenters. The molecule has 1 aromatic rings. The topological polar surface area (TPSA) is 61.4 Å². The normalized spacial score (nSPS) is 18.8. The second-order valence-corrected chi connectivity index (χ2v) is 6.23. The summed E-state index contributed by atoms with van der Waals surface area (Å²) >= 11 is 0. The van der Waals surface area contributed by atoms with Crippen molar-refractivity contribution in [2.75, 3.05) is 25.0 Å². The van der Waals surface area contributed by atoms with Crippen LogP contribution in [0.3, 0.4) is 0 Å². The van der Waals surface area contributed by atoms with E-state index in [9.17, 15) is 9.59 Å². The molecule has 1 aliphatic rings. The van der Waals surface area contributed by atoms with Crippen LogP contribution in [-0.4, -0.2) is 36.5 Å². The monoisotopic (exact) mass is 303 g/mol. The molecule has 0 saturated carbocycles. The number of hydrogen-bond donors (Lipinski definition) is 2. The lowest BCUT2D eigenvalue weighted by atomic mass is 10.0. The van der Waals surface area contributed by atoms with Crippen LogP contribution in [0.2, 0.25) is 0 Å². The lowest BCUT2D eigenvalue weighted by Gasteiger charge is -2.29. The molecule has 1 fully saturated rings. The van der Waals surface area contributed by atoms with Crippen molar-refractivity contribution < 1.29 is 9.59 Å². The number of amides is 3. The van der Waals surface area contributed by atoms with Crippen molar-refractivity contribution >= 4 is 17.6 Å². The summed E-state index contributed by atoms with van der Waals surface area (Å²) in [7, 11) is 0. The van der Waals surface area contributed by atoms with Gasteiger partial charge in [0.15, 0.2) is 0 Å². The summed E-state index contributed by atoms with van der Waals surface area (Å²) in [4.78, 5) is 26.0. The maximum atomic E-state index is 12.0. The Hall–Kier alpha value is -1.88. The predicted molar refractivity (Wildman–Crippen MR) is 87.9 cm³/mol. The van der Waals surface area contributed by atoms with Crippen LogP contribution in [0.4, 0.5) is 10.5 Å². The molecule has 5 nitrogen and oxygen atoms in total. The molecule has 22 heavy (non-hydrogen) atoms. The van der Waals surface area contributed by atoms with E-state index >= 15 is 0 Å². The maximum absolute atomic E-state index is 12.0. The zero-order valence-electron chi connectivity index (χ0n) is 13.6. The molecule has 0 spiro atoms. The third-order valence-corrected chi connectivity index (χ3v) is 4.21. The Morgan fingerprint density at radius 2 is 2.09 bits per heavy atom. The van der Waals surface area contributed by atoms with Gasteiger partial charge in [-0.2, -0.15) is 0 Å². The van der Waals surface area contributed by atoms with Crippen molar-refractivity contribution in [2.24, 2.45) is 5.92 Å². The second kappa shape index (κ2) is 7.40. The summed E-state index contributed by atoms with van der Waals surface area (Å²) in [6.45, 7) is 8.26. The van der Waals surface area contributed by atoms with Gasteiger partial charge >= 0.3 is 6.03 Å². The summed E-state index contributed by atoms with van der Waals surface area (Å²) in [6, 6.07) is 5.23. The summed E-state index contributed by atoms with van der Waals surface area (Å²) < 4.78 is 0. The number of rotatable bonds is 3. The van der Waals surface area contributed by atoms with E-state index < -0.39 is 6.03 Å². The molecule has 0 radical (unpaired) electrons. The van der Waals surface area contributed by atoms with Gasteiger partial charge in [0.25, 0.3) is 0 Å². The smallest absolute Gasteiger partial charge is 0.307 e. The Kier molecular flexibility index (Phi) is 5.55. The molecule has 1 atom stereocenters. The number of piperidine rings is 1. The Balaban J connectivity index is 1.83. The molecule has 1 aliphatic heterocycles. The third kappa shape index (κ3) is 4.56. The molecular weight excluding hydrogens is 278 g/mol. The summed E-state index contributed by atoms with van der Waals surface area (Å²) in [5.41, 5.74) is 2.85. The molecule has 120 valence electrons. The van der Waals surface area contributed by atoms with Crippen LogP contribution in [-0.2, 0) is 4.79 Å². The number of hydrogen-bond acceptors (Lipinski definition) is 3. The predicted octanol–water partition coefficient (Wildman–Crippen LogP) is 2.68. The quantitative estimate of drug-likeness (QED) is 0.902. The summed E-state index contributed by atoms with van der Waals surface area (Å²) in [5, 5.41) is 5.15. The molecule has 1 saturated heterocycles. The molecule has 2 N–H and O–H groups in total. The van der Waals surface area contributed by atoms with Gasteiger partial charge in [-0.25, -0.2) is 4.79 Å². The molecule has 2 rings (SSSR count). The van der Waals surface area contributed by atoms with Crippen molar-refractivity contribution in [1.29, 1.82) is 0 Å². The minimum absolute atomic E-state index is 0.253. The van der Waals surface area contributed by atoms with E-state index in [-0.39, 0.29) is 12.5 Å². The number of anilines is 1. The van der Waals surface area contributed by atoms with Gasteiger partial charge in [-0.3, -0.25) is 15.0 Å². The Labute approximate surface area is 132 Å². The van der Waals surface area contributed by atoms with Crippen molar-refractivity contribution in [3.63, 3.8) is 0 Å². The number of urea groups is 1. The van der Waals surface area contributed by atoms with Crippen LogP contribution in [0, 0.1) is 19.8 Å². The number of nitrogens with one attached hydrogen (secondary N) is 2. The highest BCUT2D eigenvalue weighted by molar-refractivity contribution is 6.02. The van der Waals surface area contributed by atoms with Crippen LogP contribution in [0.15, 0.2) is 18.2 Å². The molecule has 1 aromatic carbocycles. The van der Waals surface area contributed by atoms with Crippen molar-refractivity contribution in [3.8, 4) is 0 Å². The second-order valence-electron chi connectivity index (χ2n) is 6.23. The van der Waals surface area contributed by atoms with Crippen LogP contribution < -0.4 is 10.6 Å². The van der Waals surface area contributed by atoms with Gasteiger partial charge in [0.1, 0.15) is 0 Å².